The number of primary amides is 1. The second-order valence-electron chi connectivity index (χ2n) is 4.53. The molecule has 1 aromatic rings. The Balaban J connectivity index is 2.10. The van der Waals surface area contributed by atoms with Crippen LogP contribution in [0.5, 0.6) is 0 Å². The maximum atomic E-state index is 11.1. The molecule has 0 spiro atoms. The lowest BCUT2D eigenvalue weighted by molar-refractivity contribution is -0.122. The Bertz CT molecular complexity index is 425. The number of hydrogen-bond acceptors (Lipinski definition) is 4. The van der Waals surface area contributed by atoms with Crippen LogP contribution in [0.3, 0.4) is 0 Å². The van der Waals surface area contributed by atoms with Gasteiger partial charge in [0.05, 0.1) is 5.69 Å². The summed E-state index contributed by atoms with van der Waals surface area (Å²) in [6.07, 6.45) is 1.56. The van der Waals surface area contributed by atoms with Crippen molar-refractivity contribution in [3.05, 3.63) is 17.8 Å². The SMILES string of the molecule is Cc1ccc(N)c(N2CCC(C(N)=O)CC2)n1. The summed E-state index contributed by atoms with van der Waals surface area (Å²) in [4.78, 5) is 17.7. The minimum atomic E-state index is -0.199. The van der Waals surface area contributed by atoms with Gasteiger partial charge in [0, 0.05) is 24.7 Å². The molecular formula is C12H18N4O. The number of carbonyl (C=O) groups excluding carboxylic acids is 1. The Labute approximate surface area is 101 Å². The van der Waals surface area contributed by atoms with E-state index in [2.05, 4.69) is 9.88 Å². The highest BCUT2D eigenvalue weighted by molar-refractivity contribution is 5.77. The van der Waals surface area contributed by atoms with Gasteiger partial charge in [-0.25, -0.2) is 4.98 Å². The average molecular weight is 234 g/mol. The van der Waals surface area contributed by atoms with E-state index in [0.29, 0.717) is 5.69 Å². The first-order valence-electron chi connectivity index (χ1n) is 5.85. The fourth-order valence-electron chi connectivity index (χ4n) is 2.18. The highest BCUT2D eigenvalue weighted by Gasteiger charge is 2.24. The molecule has 4 N–H and O–H groups in total. The predicted octanol–water partition coefficient (Wildman–Crippen LogP) is 0.674. The largest absolute Gasteiger partial charge is 0.396 e. The first-order chi connectivity index (χ1) is 8.08. The molecule has 1 amide bonds. The number of nitrogens with two attached hydrogens (primary N) is 2. The molecule has 5 heteroatoms. The van der Waals surface area contributed by atoms with Crippen molar-refractivity contribution in [2.45, 2.75) is 19.8 Å². The van der Waals surface area contributed by atoms with Crippen molar-refractivity contribution >= 4 is 17.4 Å². The zero-order valence-corrected chi connectivity index (χ0v) is 10.0. The third-order valence-electron chi connectivity index (χ3n) is 3.24. The van der Waals surface area contributed by atoms with Gasteiger partial charge < -0.3 is 16.4 Å². The van der Waals surface area contributed by atoms with Gasteiger partial charge in [0.15, 0.2) is 5.82 Å². The molecule has 0 bridgehead atoms. The number of nitrogen functional groups attached to an aromatic ring is 1. The summed E-state index contributed by atoms with van der Waals surface area (Å²) in [5.74, 6) is 0.625. The van der Waals surface area contributed by atoms with Crippen LogP contribution >= 0.6 is 0 Å². The number of rotatable bonds is 2. The summed E-state index contributed by atoms with van der Waals surface area (Å²) in [7, 11) is 0. The molecule has 1 aromatic heterocycles. The fraction of sp³-hybridized carbons (Fsp3) is 0.500. The van der Waals surface area contributed by atoms with Gasteiger partial charge in [-0.2, -0.15) is 0 Å². The minimum Gasteiger partial charge on any atom is -0.396 e. The van der Waals surface area contributed by atoms with Crippen molar-refractivity contribution in [3.63, 3.8) is 0 Å². The second-order valence-corrected chi connectivity index (χ2v) is 4.53. The smallest absolute Gasteiger partial charge is 0.220 e. The molecule has 0 unspecified atom stereocenters. The van der Waals surface area contributed by atoms with Gasteiger partial charge in [0.25, 0.3) is 0 Å². The molecule has 0 saturated carbocycles. The molecular weight excluding hydrogens is 216 g/mol. The van der Waals surface area contributed by atoms with E-state index in [9.17, 15) is 4.79 Å². The summed E-state index contributed by atoms with van der Waals surface area (Å²) in [5.41, 5.74) is 12.9. The van der Waals surface area contributed by atoms with Gasteiger partial charge in [-0.1, -0.05) is 0 Å². The van der Waals surface area contributed by atoms with E-state index < -0.39 is 0 Å². The third kappa shape index (κ3) is 2.49. The van der Waals surface area contributed by atoms with Crippen molar-refractivity contribution in [2.75, 3.05) is 23.7 Å². The van der Waals surface area contributed by atoms with Gasteiger partial charge in [-0.15, -0.1) is 0 Å². The van der Waals surface area contributed by atoms with Crippen molar-refractivity contribution in [1.82, 2.24) is 4.98 Å². The van der Waals surface area contributed by atoms with E-state index >= 15 is 0 Å². The molecule has 1 aliphatic heterocycles. The lowest BCUT2D eigenvalue weighted by Gasteiger charge is -2.32. The molecule has 0 aliphatic carbocycles. The second kappa shape index (κ2) is 4.61. The van der Waals surface area contributed by atoms with Crippen LogP contribution in [0.1, 0.15) is 18.5 Å². The molecule has 1 fully saturated rings. The summed E-state index contributed by atoms with van der Waals surface area (Å²) in [6, 6.07) is 3.77. The Morgan fingerprint density at radius 3 is 2.65 bits per heavy atom. The van der Waals surface area contributed by atoms with Gasteiger partial charge >= 0.3 is 0 Å². The molecule has 2 heterocycles. The summed E-state index contributed by atoms with van der Waals surface area (Å²) in [6.45, 7) is 3.52. The number of aryl methyl sites for hydroxylation is 1. The fourth-order valence-corrected chi connectivity index (χ4v) is 2.18. The van der Waals surface area contributed by atoms with Crippen LogP contribution in [-0.2, 0) is 4.79 Å². The lowest BCUT2D eigenvalue weighted by atomic mass is 9.96. The standard InChI is InChI=1S/C12H18N4O/c1-8-2-3-10(13)12(15-8)16-6-4-9(5-7-16)11(14)17/h2-3,9H,4-7,13H2,1H3,(H2,14,17). The molecule has 1 aliphatic rings. The Kier molecular flexibility index (Phi) is 3.17. The number of hydrogen-bond donors (Lipinski definition) is 2. The quantitative estimate of drug-likeness (QED) is 0.787. The normalized spacial score (nSPS) is 17.1. The summed E-state index contributed by atoms with van der Waals surface area (Å²) in [5, 5.41) is 0. The van der Waals surface area contributed by atoms with Crippen LogP contribution in [0.4, 0.5) is 11.5 Å². The average Bonchev–Trinajstić information content (AvgIpc) is 2.32. The van der Waals surface area contributed by atoms with Crippen molar-refractivity contribution < 1.29 is 4.79 Å². The number of piperidine rings is 1. The molecule has 0 aromatic carbocycles. The van der Waals surface area contributed by atoms with Crippen molar-refractivity contribution in [2.24, 2.45) is 11.7 Å². The zero-order valence-electron chi connectivity index (χ0n) is 10.0. The van der Waals surface area contributed by atoms with Crippen molar-refractivity contribution in [1.29, 1.82) is 0 Å². The Morgan fingerprint density at radius 2 is 2.06 bits per heavy atom. The van der Waals surface area contributed by atoms with Crippen molar-refractivity contribution in [3.8, 4) is 0 Å². The summed E-state index contributed by atoms with van der Waals surface area (Å²) < 4.78 is 0. The van der Waals surface area contributed by atoms with E-state index in [1.165, 1.54) is 0 Å². The molecule has 5 nitrogen and oxygen atoms in total. The van der Waals surface area contributed by atoms with Crippen LogP contribution in [0, 0.1) is 12.8 Å². The molecule has 2 rings (SSSR count). The third-order valence-corrected chi connectivity index (χ3v) is 3.24. The van der Waals surface area contributed by atoms with E-state index in [0.717, 1.165) is 37.4 Å². The molecule has 92 valence electrons. The van der Waals surface area contributed by atoms with Gasteiger partial charge in [-0.3, -0.25) is 4.79 Å². The van der Waals surface area contributed by atoms with Crippen LogP contribution in [-0.4, -0.2) is 24.0 Å². The molecule has 0 atom stereocenters. The van der Waals surface area contributed by atoms with E-state index in [1.807, 2.05) is 19.1 Å². The Morgan fingerprint density at radius 1 is 1.41 bits per heavy atom. The predicted molar refractivity (Wildman–Crippen MR) is 67.5 cm³/mol. The highest BCUT2D eigenvalue weighted by atomic mass is 16.1. The number of anilines is 2. The van der Waals surface area contributed by atoms with E-state index in [-0.39, 0.29) is 11.8 Å². The monoisotopic (exact) mass is 234 g/mol. The number of pyridine rings is 1. The first-order valence-corrected chi connectivity index (χ1v) is 5.85. The van der Waals surface area contributed by atoms with E-state index in [1.54, 1.807) is 0 Å². The number of carbonyl (C=O) groups is 1. The lowest BCUT2D eigenvalue weighted by Crippen LogP contribution is -2.39. The van der Waals surface area contributed by atoms with Gasteiger partial charge in [-0.05, 0) is 31.9 Å². The topological polar surface area (TPSA) is 85.2 Å². The number of amides is 1. The maximum Gasteiger partial charge on any atom is 0.220 e. The van der Waals surface area contributed by atoms with E-state index in [4.69, 9.17) is 11.5 Å². The zero-order chi connectivity index (χ0) is 12.4. The Hall–Kier alpha value is -1.78. The minimum absolute atomic E-state index is 0.00252. The first kappa shape index (κ1) is 11.7. The highest BCUT2D eigenvalue weighted by Crippen LogP contribution is 2.26. The van der Waals surface area contributed by atoms with Crippen LogP contribution in [0.15, 0.2) is 12.1 Å². The molecule has 1 saturated heterocycles. The number of nitrogens with zero attached hydrogens (tertiary/aromatic N) is 2. The number of aromatic nitrogens is 1. The van der Waals surface area contributed by atoms with Crippen LogP contribution < -0.4 is 16.4 Å². The summed E-state index contributed by atoms with van der Waals surface area (Å²) >= 11 is 0. The van der Waals surface area contributed by atoms with Gasteiger partial charge in [0.2, 0.25) is 5.91 Å². The van der Waals surface area contributed by atoms with Gasteiger partial charge in [0.1, 0.15) is 0 Å². The maximum absolute atomic E-state index is 11.1. The van der Waals surface area contributed by atoms with Crippen LogP contribution in [0.25, 0.3) is 0 Å². The van der Waals surface area contributed by atoms with Crippen LogP contribution in [0.2, 0.25) is 0 Å². The molecule has 17 heavy (non-hydrogen) atoms. The molecule has 0 radical (unpaired) electrons.